The SMILES string of the molecule is CN(C)c1nc(C(=O)Nc2ccc(F)c([C@]3(C)CCSC(N)=N3)c2)co1. The fraction of sp³-hybridized carbons (Fsp3) is 0.353. The number of oxazole rings is 1. The average Bonchev–Trinajstić information content (AvgIpc) is 3.07. The molecular weight excluding hydrogens is 357 g/mol. The van der Waals surface area contributed by atoms with E-state index >= 15 is 0 Å². The van der Waals surface area contributed by atoms with Gasteiger partial charge < -0.3 is 20.4 Å². The molecule has 26 heavy (non-hydrogen) atoms. The van der Waals surface area contributed by atoms with Crippen LogP contribution in [0.4, 0.5) is 16.1 Å². The van der Waals surface area contributed by atoms with Gasteiger partial charge in [0.15, 0.2) is 10.9 Å². The summed E-state index contributed by atoms with van der Waals surface area (Å²) in [6.45, 7) is 1.84. The largest absolute Gasteiger partial charge is 0.431 e. The number of halogens is 1. The molecule has 7 nitrogen and oxygen atoms in total. The molecule has 3 N–H and O–H groups in total. The first kappa shape index (κ1) is 18.2. The highest BCUT2D eigenvalue weighted by Crippen LogP contribution is 2.37. The molecule has 138 valence electrons. The molecule has 1 aromatic heterocycles. The number of aromatic nitrogens is 1. The quantitative estimate of drug-likeness (QED) is 0.850. The Hall–Kier alpha value is -2.55. The fourth-order valence-corrected chi connectivity index (χ4v) is 3.64. The van der Waals surface area contributed by atoms with Crippen LogP contribution >= 0.6 is 11.8 Å². The maximum absolute atomic E-state index is 14.4. The standard InChI is InChI=1S/C17H20FN5O2S/c1-17(6-7-26-15(19)22-17)11-8-10(4-5-12(11)18)20-14(24)13-9-25-16(21-13)23(2)3/h4-5,8-9H,6-7H2,1-3H3,(H2,19,22)(H,20,24)/t17-/m0/s1. The molecule has 1 aromatic carbocycles. The van der Waals surface area contributed by atoms with Crippen molar-refractivity contribution < 1.29 is 13.6 Å². The Morgan fingerprint density at radius 2 is 2.23 bits per heavy atom. The van der Waals surface area contributed by atoms with Crippen LogP contribution in [0.15, 0.2) is 33.9 Å². The molecule has 0 aliphatic carbocycles. The summed E-state index contributed by atoms with van der Waals surface area (Å²) in [6.07, 6.45) is 1.93. The third-order valence-electron chi connectivity index (χ3n) is 4.11. The van der Waals surface area contributed by atoms with Crippen LogP contribution in [-0.4, -0.2) is 35.9 Å². The number of carbonyl (C=O) groups excluding carboxylic acids is 1. The summed E-state index contributed by atoms with van der Waals surface area (Å²) < 4.78 is 19.6. The highest BCUT2D eigenvalue weighted by molar-refractivity contribution is 8.13. The van der Waals surface area contributed by atoms with Gasteiger partial charge in [-0.25, -0.2) is 4.39 Å². The van der Waals surface area contributed by atoms with E-state index in [1.807, 2.05) is 6.92 Å². The highest BCUT2D eigenvalue weighted by atomic mass is 32.2. The van der Waals surface area contributed by atoms with Crippen LogP contribution in [0.1, 0.15) is 29.4 Å². The number of aliphatic imine (C=N–C) groups is 1. The van der Waals surface area contributed by atoms with Gasteiger partial charge in [0.1, 0.15) is 12.1 Å². The van der Waals surface area contributed by atoms with Gasteiger partial charge in [-0.15, -0.1) is 0 Å². The topological polar surface area (TPSA) is 96.8 Å². The van der Waals surface area contributed by atoms with E-state index in [2.05, 4.69) is 15.3 Å². The molecule has 0 fully saturated rings. The zero-order valence-corrected chi connectivity index (χ0v) is 15.6. The molecule has 0 spiro atoms. The van der Waals surface area contributed by atoms with Crippen LogP contribution in [0, 0.1) is 5.82 Å². The number of anilines is 2. The molecule has 2 heterocycles. The summed E-state index contributed by atoms with van der Waals surface area (Å²) in [6, 6.07) is 4.73. The highest BCUT2D eigenvalue weighted by Gasteiger charge is 2.32. The van der Waals surface area contributed by atoms with Crippen molar-refractivity contribution in [1.29, 1.82) is 0 Å². The number of amides is 1. The first-order chi connectivity index (χ1) is 12.3. The average molecular weight is 377 g/mol. The third-order valence-corrected chi connectivity index (χ3v) is 4.90. The van der Waals surface area contributed by atoms with Crippen LogP contribution < -0.4 is 16.0 Å². The van der Waals surface area contributed by atoms with Gasteiger partial charge in [-0.1, -0.05) is 11.8 Å². The van der Waals surface area contributed by atoms with Crippen LogP contribution in [-0.2, 0) is 5.54 Å². The summed E-state index contributed by atoms with van der Waals surface area (Å²) in [5.41, 5.74) is 6.05. The number of thioether (sulfide) groups is 1. The van der Waals surface area contributed by atoms with Gasteiger partial charge in [0.2, 0.25) is 0 Å². The summed E-state index contributed by atoms with van der Waals surface area (Å²) in [5.74, 6) is -0.0641. The van der Waals surface area contributed by atoms with Gasteiger partial charge in [-0.2, -0.15) is 4.98 Å². The zero-order chi connectivity index (χ0) is 18.9. The Bertz CT molecular complexity index is 867. The van der Waals surface area contributed by atoms with Crippen LogP contribution in [0.5, 0.6) is 0 Å². The molecule has 0 bridgehead atoms. The van der Waals surface area contributed by atoms with E-state index in [1.54, 1.807) is 25.1 Å². The van der Waals surface area contributed by atoms with Crippen molar-refractivity contribution in [3.05, 3.63) is 41.5 Å². The van der Waals surface area contributed by atoms with Crippen LogP contribution in [0.25, 0.3) is 0 Å². The maximum Gasteiger partial charge on any atom is 0.297 e. The molecule has 0 saturated carbocycles. The van der Waals surface area contributed by atoms with E-state index in [4.69, 9.17) is 10.2 Å². The smallest absolute Gasteiger partial charge is 0.297 e. The molecule has 2 aromatic rings. The van der Waals surface area contributed by atoms with E-state index in [9.17, 15) is 9.18 Å². The molecule has 1 aliphatic heterocycles. The second kappa shape index (κ2) is 6.99. The van der Waals surface area contributed by atoms with Gasteiger partial charge in [-0.05, 0) is 31.5 Å². The van der Waals surface area contributed by atoms with Crippen molar-refractivity contribution in [2.45, 2.75) is 18.9 Å². The summed E-state index contributed by atoms with van der Waals surface area (Å²) in [7, 11) is 3.52. The number of rotatable bonds is 4. The van der Waals surface area contributed by atoms with Crippen molar-refractivity contribution in [3.8, 4) is 0 Å². The lowest BCUT2D eigenvalue weighted by Gasteiger charge is -2.30. The molecule has 0 radical (unpaired) electrons. The van der Waals surface area contributed by atoms with Crippen molar-refractivity contribution in [2.75, 3.05) is 30.1 Å². The number of nitrogens with one attached hydrogen (secondary N) is 1. The van der Waals surface area contributed by atoms with Crippen molar-refractivity contribution >= 4 is 34.5 Å². The Kier molecular flexibility index (Phi) is 4.90. The number of hydrogen-bond acceptors (Lipinski definition) is 7. The number of hydrogen-bond donors (Lipinski definition) is 2. The van der Waals surface area contributed by atoms with Gasteiger partial charge >= 0.3 is 0 Å². The Balaban J connectivity index is 1.85. The number of nitrogens with zero attached hydrogens (tertiary/aromatic N) is 3. The predicted molar refractivity (Wildman–Crippen MR) is 101 cm³/mol. The number of amidine groups is 1. The van der Waals surface area contributed by atoms with E-state index in [0.29, 0.717) is 28.9 Å². The lowest BCUT2D eigenvalue weighted by molar-refractivity contribution is 0.102. The summed E-state index contributed by atoms with van der Waals surface area (Å²) >= 11 is 1.45. The monoisotopic (exact) mass is 377 g/mol. The molecule has 0 saturated heterocycles. The van der Waals surface area contributed by atoms with Crippen molar-refractivity contribution in [1.82, 2.24) is 4.98 Å². The molecule has 9 heteroatoms. The summed E-state index contributed by atoms with van der Waals surface area (Å²) in [4.78, 5) is 22.5. The van der Waals surface area contributed by atoms with E-state index in [0.717, 1.165) is 5.75 Å². The fourth-order valence-electron chi connectivity index (χ4n) is 2.67. The van der Waals surface area contributed by atoms with Crippen molar-refractivity contribution in [2.24, 2.45) is 10.7 Å². The molecule has 3 rings (SSSR count). The predicted octanol–water partition coefficient (Wildman–Crippen LogP) is 2.80. The minimum atomic E-state index is -0.758. The third kappa shape index (κ3) is 3.67. The van der Waals surface area contributed by atoms with E-state index in [-0.39, 0.29) is 11.5 Å². The van der Waals surface area contributed by atoms with Gasteiger partial charge in [0.05, 0.1) is 5.54 Å². The second-order valence-electron chi connectivity index (χ2n) is 6.38. The molecule has 1 amide bonds. The first-order valence-corrected chi connectivity index (χ1v) is 8.99. The Morgan fingerprint density at radius 1 is 1.46 bits per heavy atom. The number of nitrogens with two attached hydrogens (primary N) is 1. The minimum absolute atomic E-state index is 0.141. The van der Waals surface area contributed by atoms with Gasteiger partial charge in [0, 0.05) is 31.1 Å². The van der Waals surface area contributed by atoms with E-state index in [1.165, 1.54) is 30.2 Å². The Labute approximate surface area is 154 Å². The first-order valence-electron chi connectivity index (χ1n) is 8.01. The summed E-state index contributed by atoms with van der Waals surface area (Å²) in [5, 5.41) is 3.15. The maximum atomic E-state index is 14.4. The van der Waals surface area contributed by atoms with Crippen LogP contribution in [0.3, 0.4) is 0 Å². The molecule has 0 unspecified atom stereocenters. The van der Waals surface area contributed by atoms with Crippen molar-refractivity contribution in [3.63, 3.8) is 0 Å². The van der Waals surface area contributed by atoms with E-state index < -0.39 is 11.4 Å². The minimum Gasteiger partial charge on any atom is -0.431 e. The van der Waals surface area contributed by atoms with Gasteiger partial charge in [0.25, 0.3) is 11.9 Å². The molecule has 1 atom stereocenters. The van der Waals surface area contributed by atoms with Crippen LogP contribution in [0.2, 0.25) is 0 Å². The zero-order valence-electron chi connectivity index (χ0n) is 14.7. The van der Waals surface area contributed by atoms with Gasteiger partial charge in [-0.3, -0.25) is 9.79 Å². The lowest BCUT2D eigenvalue weighted by atomic mass is 9.89. The lowest BCUT2D eigenvalue weighted by Crippen LogP contribution is -2.29. The molecule has 1 aliphatic rings. The number of carbonyl (C=O) groups is 1. The molecular formula is C17H20FN5O2S. The Morgan fingerprint density at radius 3 is 2.88 bits per heavy atom. The number of benzene rings is 1. The second-order valence-corrected chi connectivity index (χ2v) is 7.50. The normalized spacial score (nSPS) is 19.8.